The second-order valence-electron chi connectivity index (χ2n) is 21.7. The molecule has 0 fully saturated rings. The predicted octanol–water partition coefficient (Wildman–Crippen LogP) is 17.2. The van der Waals surface area contributed by atoms with Crippen LogP contribution in [0.3, 0.4) is 0 Å². The summed E-state index contributed by atoms with van der Waals surface area (Å²) in [6.07, 6.45) is 0. The Kier molecular flexibility index (Phi) is 9.09. The van der Waals surface area contributed by atoms with Crippen molar-refractivity contribution in [2.24, 2.45) is 0 Å². The van der Waals surface area contributed by atoms with E-state index in [0.29, 0.717) is 23.8 Å². The summed E-state index contributed by atoms with van der Waals surface area (Å²) in [6.45, 7) is 0. The molecule has 11 nitrogen and oxygen atoms in total. The number of rotatable bonds is 6. The highest BCUT2D eigenvalue weighted by Gasteiger charge is 2.27. The maximum atomic E-state index is 5.78. The fourth-order valence-corrected chi connectivity index (χ4v) is 13.9. The highest BCUT2D eigenvalue weighted by Crippen LogP contribution is 2.44. The largest absolute Gasteiger partial charge is 0.294 e. The molecule has 0 aliphatic heterocycles. The Balaban J connectivity index is 0.945. The van der Waals surface area contributed by atoms with Crippen molar-refractivity contribution in [1.82, 2.24) is 52.3 Å². The minimum absolute atomic E-state index is 0.477. The Bertz CT molecular complexity index is 5550. The van der Waals surface area contributed by atoms with Crippen molar-refractivity contribution in [2.45, 2.75) is 0 Å². The molecule has 11 heteroatoms. The predicted molar refractivity (Wildman–Crippen MR) is 341 cm³/mol. The average Bonchev–Trinajstić information content (AvgIpc) is 1.80. The van der Waals surface area contributed by atoms with Gasteiger partial charge in [-0.05, 0) is 66.7 Å². The van der Waals surface area contributed by atoms with Crippen LogP contribution in [0.15, 0.2) is 261 Å². The molecular weight excluding hydrogens is 1030 g/mol. The van der Waals surface area contributed by atoms with E-state index in [-0.39, 0.29) is 0 Å². The van der Waals surface area contributed by atoms with Crippen molar-refractivity contribution in [3.63, 3.8) is 0 Å². The van der Waals surface area contributed by atoms with Crippen molar-refractivity contribution in [1.29, 1.82) is 0 Å². The SMILES string of the molecule is c1ccc2c(c1)c1ccccc1n2-c1cc(-n2c3ccccc3c3ccccc32)nc(-n2c3ccccc3c3ccc4c(c5ccccc5n4-c4nc(-n5c6ccccc6c6ccccc65)nc(-n5c6ccccc6c6ccccc65)n4)c32)n1. The fourth-order valence-electron chi connectivity index (χ4n) is 13.9. The van der Waals surface area contributed by atoms with Crippen LogP contribution in [0, 0.1) is 0 Å². The molecule has 0 atom stereocenters. The Labute approximate surface area is 477 Å². The van der Waals surface area contributed by atoms with Crippen LogP contribution in [0.1, 0.15) is 0 Å². The van der Waals surface area contributed by atoms with Gasteiger partial charge in [0.25, 0.3) is 0 Å². The molecule has 0 radical (unpaired) electrons. The van der Waals surface area contributed by atoms with E-state index in [4.69, 9.17) is 24.9 Å². The van der Waals surface area contributed by atoms with Gasteiger partial charge in [-0.1, -0.05) is 188 Å². The van der Waals surface area contributed by atoms with Crippen molar-refractivity contribution in [2.75, 3.05) is 0 Å². The normalized spacial score (nSPS) is 12.3. The van der Waals surface area contributed by atoms with Gasteiger partial charge in [-0.3, -0.25) is 27.4 Å². The maximum absolute atomic E-state index is 5.78. The van der Waals surface area contributed by atoms with Gasteiger partial charge >= 0.3 is 0 Å². The zero-order valence-corrected chi connectivity index (χ0v) is 44.7. The minimum atomic E-state index is 0.477. The third kappa shape index (κ3) is 6.10. The first kappa shape index (κ1) is 45.1. The van der Waals surface area contributed by atoms with E-state index < -0.39 is 0 Å². The Hall–Kier alpha value is -11.7. The lowest BCUT2D eigenvalue weighted by molar-refractivity contribution is 0.848. The first-order valence-electron chi connectivity index (χ1n) is 28.3. The molecule has 0 saturated heterocycles. The molecule has 0 aliphatic carbocycles. The van der Waals surface area contributed by atoms with Crippen LogP contribution in [0.2, 0.25) is 0 Å². The number of para-hydroxylation sites is 10. The fraction of sp³-hybridized carbons (Fsp3) is 0. The number of aromatic nitrogens is 11. The van der Waals surface area contributed by atoms with Crippen LogP contribution in [0.5, 0.6) is 0 Å². The van der Waals surface area contributed by atoms with Gasteiger partial charge in [0.1, 0.15) is 11.6 Å². The van der Waals surface area contributed by atoms with Crippen molar-refractivity contribution in [3.8, 4) is 35.4 Å². The van der Waals surface area contributed by atoms with E-state index in [2.05, 4.69) is 288 Å². The van der Waals surface area contributed by atoms with Gasteiger partial charge < -0.3 is 0 Å². The lowest BCUT2D eigenvalue weighted by Crippen LogP contribution is -2.13. The number of hydrogen-bond donors (Lipinski definition) is 0. The van der Waals surface area contributed by atoms with Crippen LogP contribution in [0.25, 0.3) is 166 Å². The molecule has 11 aromatic carbocycles. The highest BCUT2D eigenvalue weighted by molar-refractivity contribution is 6.26. The van der Waals surface area contributed by atoms with Gasteiger partial charge in [0.15, 0.2) is 0 Å². The van der Waals surface area contributed by atoms with Gasteiger partial charge in [-0.2, -0.15) is 24.9 Å². The lowest BCUT2D eigenvalue weighted by atomic mass is 10.1. The molecule has 0 bridgehead atoms. The van der Waals surface area contributed by atoms with E-state index in [1.165, 1.54) is 0 Å². The highest BCUT2D eigenvalue weighted by atomic mass is 15.3. The summed E-state index contributed by atoms with van der Waals surface area (Å²) in [5, 5.41) is 13.3. The average molecular weight is 1070 g/mol. The molecule has 0 spiro atoms. The molecule has 8 aromatic heterocycles. The number of nitrogens with zero attached hydrogens (tertiary/aromatic N) is 11. The summed E-state index contributed by atoms with van der Waals surface area (Å²) in [4.78, 5) is 28.3. The van der Waals surface area contributed by atoms with Gasteiger partial charge in [0.2, 0.25) is 23.8 Å². The summed E-state index contributed by atoms with van der Waals surface area (Å²) in [5.41, 5.74) is 12.0. The molecule has 390 valence electrons. The first-order chi connectivity index (χ1) is 41.7. The molecule has 8 heterocycles. The molecule has 84 heavy (non-hydrogen) atoms. The molecule has 0 saturated carbocycles. The monoisotopic (exact) mass is 1070 g/mol. The van der Waals surface area contributed by atoms with Gasteiger partial charge in [-0.25, -0.2) is 0 Å². The van der Waals surface area contributed by atoms with Crippen LogP contribution in [-0.2, 0) is 0 Å². The van der Waals surface area contributed by atoms with Crippen LogP contribution < -0.4 is 0 Å². The molecule has 0 N–H and O–H groups in total. The van der Waals surface area contributed by atoms with Crippen molar-refractivity contribution < 1.29 is 0 Å². The maximum Gasteiger partial charge on any atom is 0.241 e. The number of hydrogen-bond acceptors (Lipinski definition) is 5. The number of fused-ring (bicyclic) bond motifs is 19. The zero-order valence-electron chi connectivity index (χ0n) is 44.7. The third-order valence-electron chi connectivity index (χ3n) is 17.3. The molecule has 19 rings (SSSR count). The molecule has 0 aliphatic rings. The Morgan fingerprint density at radius 2 is 0.417 bits per heavy atom. The van der Waals surface area contributed by atoms with E-state index in [0.717, 1.165) is 142 Å². The van der Waals surface area contributed by atoms with Gasteiger partial charge in [-0.15, -0.1) is 0 Å². The zero-order chi connectivity index (χ0) is 54.7. The molecule has 19 aromatic rings. The quantitative estimate of drug-likeness (QED) is 0.165. The lowest BCUT2D eigenvalue weighted by Gasteiger charge is -2.15. The van der Waals surface area contributed by atoms with E-state index in [1.807, 2.05) is 0 Å². The molecule has 0 unspecified atom stereocenters. The Morgan fingerprint density at radius 1 is 0.179 bits per heavy atom. The second kappa shape index (κ2) is 16.9. The molecule has 0 amide bonds. The van der Waals surface area contributed by atoms with E-state index in [9.17, 15) is 0 Å². The van der Waals surface area contributed by atoms with Crippen molar-refractivity contribution in [3.05, 3.63) is 261 Å². The number of benzene rings is 11. The molecular formula is C73H43N11. The minimum Gasteiger partial charge on any atom is -0.294 e. The summed E-state index contributed by atoms with van der Waals surface area (Å²) < 4.78 is 13.5. The van der Waals surface area contributed by atoms with Crippen molar-refractivity contribution >= 4 is 131 Å². The van der Waals surface area contributed by atoms with Gasteiger partial charge in [0, 0.05) is 70.7 Å². The first-order valence-corrected chi connectivity index (χ1v) is 28.3. The van der Waals surface area contributed by atoms with E-state index in [1.54, 1.807) is 0 Å². The Morgan fingerprint density at radius 3 is 0.750 bits per heavy atom. The second-order valence-corrected chi connectivity index (χ2v) is 21.7. The van der Waals surface area contributed by atoms with Crippen LogP contribution in [-0.4, -0.2) is 52.3 Å². The summed E-state index contributed by atoms with van der Waals surface area (Å²) in [5.74, 6) is 3.51. The van der Waals surface area contributed by atoms with E-state index >= 15 is 0 Å². The summed E-state index contributed by atoms with van der Waals surface area (Å²) in [7, 11) is 0. The smallest absolute Gasteiger partial charge is 0.241 e. The van der Waals surface area contributed by atoms with Crippen LogP contribution >= 0.6 is 0 Å². The summed E-state index contributed by atoms with van der Waals surface area (Å²) >= 11 is 0. The third-order valence-corrected chi connectivity index (χ3v) is 17.3. The summed E-state index contributed by atoms with van der Waals surface area (Å²) in [6, 6.07) is 92.4. The standard InChI is InChI=1S/C73H43N11/c1-11-31-55-44(21-1)45-22-2-12-32-56(45)79(55)66-43-67(80-57-33-13-3-23-46(57)47-24-4-14-34-58(47)80)75-70(74-66)84-63-39-19-9-29-52(63)53-41-42-65-68(69(53)84)54-30-10-20-40-64(54)83(65)73-77-71(81-59-35-15-5-25-48(59)49-26-6-16-36-60(49)81)76-72(78-73)82-61-37-17-7-27-50(61)51-28-8-18-38-62(51)82/h1-43H. The van der Waals surface area contributed by atoms with Crippen LogP contribution in [0.4, 0.5) is 0 Å². The van der Waals surface area contributed by atoms with Gasteiger partial charge in [0.05, 0.1) is 66.2 Å². The topological polar surface area (TPSA) is 94.0 Å².